The second-order valence-electron chi connectivity index (χ2n) is 4.25. The summed E-state index contributed by atoms with van der Waals surface area (Å²) < 4.78 is 0. The van der Waals surface area contributed by atoms with E-state index in [0.717, 1.165) is 0 Å². The fourth-order valence-electron chi connectivity index (χ4n) is 1.12. The summed E-state index contributed by atoms with van der Waals surface area (Å²) in [5, 5.41) is 18.7. The molecule has 0 saturated carbocycles. The molecule has 0 aromatic rings. The normalized spacial score (nSPS) is 15.0. The molecule has 0 amide bonds. The van der Waals surface area contributed by atoms with Crippen molar-refractivity contribution in [1.29, 1.82) is 0 Å². The molecule has 0 saturated heterocycles. The molecule has 0 aromatic carbocycles. The van der Waals surface area contributed by atoms with Crippen molar-refractivity contribution in [2.24, 2.45) is 5.92 Å². The number of aliphatic carboxylic acids is 1. The van der Waals surface area contributed by atoms with Crippen molar-refractivity contribution in [1.82, 2.24) is 4.90 Å². The fourth-order valence-corrected chi connectivity index (χ4v) is 1.12. The van der Waals surface area contributed by atoms with Crippen molar-refractivity contribution >= 4 is 5.97 Å². The molecule has 86 valence electrons. The third kappa shape index (κ3) is 5.40. The van der Waals surface area contributed by atoms with E-state index < -0.39 is 11.6 Å². The summed E-state index contributed by atoms with van der Waals surface area (Å²) in [4.78, 5) is 12.1. The molecule has 4 heteroatoms. The topological polar surface area (TPSA) is 60.8 Å². The van der Waals surface area contributed by atoms with Gasteiger partial charge in [0.1, 0.15) is 0 Å². The Kier molecular flexibility index (Phi) is 5.34. The number of carbonyl (C=O) groups is 1. The van der Waals surface area contributed by atoms with Crippen LogP contribution in [0, 0.1) is 18.3 Å². The summed E-state index contributed by atoms with van der Waals surface area (Å²) in [6.45, 7) is 5.80. The Labute approximate surface area is 90.9 Å². The molecular formula is C11H19NO3. The zero-order valence-electron chi connectivity index (χ0n) is 9.53. The van der Waals surface area contributed by atoms with E-state index >= 15 is 0 Å². The Hall–Kier alpha value is -1.05. The first-order valence-electron chi connectivity index (χ1n) is 4.89. The average Bonchev–Trinajstić information content (AvgIpc) is 2.01. The van der Waals surface area contributed by atoms with E-state index in [9.17, 15) is 9.90 Å². The number of nitrogens with zero attached hydrogens (tertiary/aromatic N) is 1. The van der Waals surface area contributed by atoms with Crippen LogP contribution in [-0.2, 0) is 4.79 Å². The standard InChI is InChI=1S/C11H19NO3/c1-5-6-12(7-10(13)14)8-11(4,15)9(2)3/h1,9,15H,6-8H2,2-4H3,(H,13,14). The number of terminal acetylenes is 1. The highest BCUT2D eigenvalue weighted by molar-refractivity contribution is 5.69. The lowest BCUT2D eigenvalue weighted by Crippen LogP contribution is -2.46. The van der Waals surface area contributed by atoms with Crippen molar-refractivity contribution in [3.63, 3.8) is 0 Å². The summed E-state index contributed by atoms with van der Waals surface area (Å²) in [6.07, 6.45) is 5.13. The van der Waals surface area contributed by atoms with Crippen LogP contribution in [0.25, 0.3) is 0 Å². The molecule has 0 aliphatic carbocycles. The van der Waals surface area contributed by atoms with E-state index in [1.54, 1.807) is 11.8 Å². The van der Waals surface area contributed by atoms with Crippen molar-refractivity contribution in [3.05, 3.63) is 0 Å². The van der Waals surface area contributed by atoms with E-state index in [1.807, 2.05) is 13.8 Å². The minimum atomic E-state index is -0.940. The lowest BCUT2D eigenvalue weighted by Gasteiger charge is -2.32. The van der Waals surface area contributed by atoms with Crippen LogP contribution < -0.4 is 0 Å². The van der Waals surface area contributed by atoms with E-state index in [0.29, 0.717) is 0 Å². The summed E-state index contributed by atoms with van der Waals surface area (Å²) in [6, 6.07) is 0. The van der Waals surface area contributed by atoms with Crippen LogP contribution in [0.3, 0.4) is 0 Å². The van der Waals surface area contributed by atoms with Crippen LogP contribution in [0.2, 0.25) is 0 Å². The minimum Gasteiger partial charge on any atom is -0.480 e. The van der Waals surface area contributed by atoms with Gasteiger partial charge in [-0.1, -0.05) is 19.8 Å². The van der Waals surface area contributed by atoms with Gasteiger partial charge in [0.2, 0.25) is 0 Å². The van der Waals surface area contributed by atoms with Gasteiger partial charge in [-0.05, 0) is 12.8 Å². The van der Waals surface area contributed by atoms with Gasteiger partial charge in [0, 0.05) is 6.54 Å². The van der Waals surface area contributed by atoms with E-state index in [-0.39, 0.29) is 25.6 Å². The summed E-state index contributed by atoms with van der Waals surface area (Å²) in [5.41, 5.74) is -0.924. The molecule has 0 aromatic heterocycles. The largest absolute Gasteiger partial charge is 0.480 e. The number of hydrogen-bond acceptors (Lipinski definition) is 3. The average molecular weight is 213 g/mol. The Morgan fingerprint density at radius 1 is 1.60 bits per heavy atom. The van der Waals surface area contributed by atoms with Gasteiger partial charge in [-0.2, -0.15) is 0 Å². The van der Waals surface area contributed by atoms with Crippen LogP contribution >= 0.6 is 0 Å². The van der Waals surface area contributed by atoms with Gasteiger partial charge in [0.15, 0.2) is 0 Å². The van der Waals surface area contributed by atoms with Crippen molar-refractivity contribution in [2.45, 2.75) is 26.4 Å². The predicted octanol–water partition coefficient (Wildman–Crippen LogP) is 0.413. The monoisotopic (exact) mass is 213 g/mol. The van der Waals surface area contributed by atoms with Gasteiger partial charge in [0.05, 0.1) is 18.7 Å². The Bertz CT molecular complexity index is 253. The first-order valence-corrected chi connectivity index (χ1v) is 4.89. The van der Waals surface area contributed by atoms with E-state index in [4.69, 9.17) is 11.5 Å². The molecule has 15 heavy (non-hydrogen) atoms. The second kappa shape index (κ2) is 5.74. The molecule has 0 spiro atoms. The van der Waals surface area contributed by atoms with Gasteiger partial charge in [0.25, 0.3) is 0 Å². The summed E-state index contributed by atoms with van der Waals surface area (Å²) >= 11 is 0. The molecule has 0 aliphatic rings. The highest BCUT2D eigenvalue weighted by atomic mass is 16.4. The minimum absolute atomic E-state index is 0.0477. The third-order valence-corrected chi connectivity index (χ3v) is 2.46. The van der Waals surface area contributed by atoms with Crippen LogP contribution in [0.5, 0.6) is 0 Å². The van der Waals surface area contributed by atoms with Gasteiger partial charge >= 0.3 is 5.97 Å². The van der Waals surface area contributed by atoms with Gasteiger partial charge in [-0.25, -0.2) is 0 Å². The van der Waals surface area contributed by atoms with Crippen LogP contribution in [0.15, 0.2) is 0 Å². The third-order valence-electron chi connectivity index (χ3n) is 2.46. The van der Waals surface area contributed by atoms with E-state index in [1.165, 1.54) is 0 Å². The SMILES string of the molecule is C#CCN(CC(=O)O)CC(C)(O)C(C)C. The fraction of sp³-hybridized carbons (Fsp3) is 0.727. The molecule has 1 unspecified atom stereocenters. The Balaban J connectivity index is 4.40. The summed E-state index contributed by atoms with van der Waals surface area (Å²) in [5.74, 6) is 1.49. The lowest BCUT2D eigenvalue weighted by atomic mass is 9.92. The molecular weight excluding hydrogens is 194 g/mol. The maximum Gasteiger partial charge on any atom is 0.317 e. The van der Waals surface area contributed by atoms with Gasteiger partial charge in [-0.3, -0.25) is 9.69 Å². The van der Waals surface area contributed by atoms with Crippen LogP contribution in [0.4, 0.5) is 0 Å². The first kappa shape index (κ1) is 13.9. The molecule has 0 rings (SSSR count). The molecule has 2 N–H and O–H groups in total. The number of carboxylic acid groups (broad SMARTS) is 1. The number of aliphatic hydroxyl groups is 1. The molecule has 0 heterocycles. The quantitative estimate of drug-likeness (QED) is 0.627. The van der Waals surface area contributed by atoms with Crippen LogP contribution in [-0.4, -0.2) is 46.3 Å². The Morgan fingerprint density at radius 3 is 2.47 bits per heavy atom. The molecule has 0 fully saturated rings. The maximum atomic E-state index is 10.5. The highest BCUT2D eigenvalue weighted by Gasteiger charge is 2.28. The smallest absolute Gasteiger partial charge is 0.317 e. The number of hydrogen-bond donors (Lipinski definition) is 2. The predicted molar refractivity (Wildman–Crippen MR) is 58.4 cm³/mol. The maximum absolute atomic E-state index is 10.5. The zero-order chi connectivity index (χ0) is 12.1. The molecule has 1 atom stereocenters. The lowest BCUT2D eigenvalue weighted by molar-refractivity contribution is -0.139. The number of carboxylic acids is 1. The molecule has 0 radical (unpaired) electrons. The van der Waals surface area contributed by atoms with Crippen LogP contribution in [0.1, 0.15) is 20.8 Å². The van der Waals surface area contributed by atoms with Crippen molar-refractivity contribution in [2.75, 3.05) is 19.6 Å². The molecule has 0 aliphatic heterocycles. The highest BCUT2D eigenvalue weighted by Crippen LogP contribution is 2.17. The summed E-state index contributed by atoms with van der Waals surface area (Å²) in [7, 11) is 0. The zero-order valence-corrected chi connectivity index (χ0v) is 9.53. The molecule has 4 nitrogen and oxygen atoms in total. The Morgan fingerprint density at radius 2 is 2.13 bits per heavy atom. The van der Waals surface area contributed by atoms with Gasteiger partial charge < -0.3 is 10.2 Å². The van der Waals surface area contributed by atoms with Crippen molar-refractivity contribution < 1.29 is 15.0 Å². The van der Waals surface area contributed by atoms with E-state index in [2.05, 4.69) is 5.92 Å². The number of rotatable bonds is 6. The van der Waals surface area contributed by atoms with Crippen molar-refractivity contribution in [3.8, 4) is 12.3 Å². The second-order valence-corrected chi connectivity index (χ2v) is 4.25. The first-order chi connectivity index (χ1) is 6.79. The molecule has 0 bridgehead atoms. The van der Waals surface area contributed by atoms with Gasteiger partial charge in [-0.15, -0.1) is 6.42 Å².